The van der Waals surface area contributed by atoms with Crippen molar-refractivity contribution in [1.29, 1.82) is 0 Å². The minimum absolute atomic E-state index is 0.0545. The number of benzene rings is 2. The van der Waals surface area contributed by atoms with Gasteiger partial charge in [-0.3, -0.25) is 4.79 Å². The van der Waals surface area contributed by atoms with Crippen molar-refractivity contribution in [1.82, 2.24) is 0 Å². The lowest BCUT2D eigenvalue weighted by atomic mass is 10.1. The molecule has 1 fully saturated rings. The molecular formula is C20H15ClF3NO3. The minimum Gasteiger partial charge on any atom is -0.491 e. The van der Waals surface area contributed by atoms with Gasteiger partial charge >= 0.3 is 6.18 Å². The predicted molar refractivity (Wildman–Crippen MR) is 99.6 cm³/mol. The van der Waals surface area contributed by atoms with Gasteiger partial charge in [-0.05, 0) is 43.2 Å². The van der Waals surface area contributed by atoms with Gasteiger partial charge in [-0.25, -0.2) is 0 Å². The molecule has 2 aromatic carbocycles. The molecule has 0 bridgehead atoms. The molecule has 0 radical (unpaired) electrons. The van der Waals surface area contributed by atoms with E-state index in [0.717, 1.165) is 25.0 Å². The van der Waals surface area contributed by atoms with E-state index in [1.807, 2.05) is 0 Å². The van der Waals surface area contributed by atoms with Crippen LogP contribution in [0.5, 0.6) is 5.75 Å². The van der Waals surface area contributed by atoms with Gasteiger partial charge in [0.15, 0.2) is 11.0 Å². The summed E-state index contributed by atoms with van der Waals surface area (Å²) in [6.45, 7) is 0.0693. The molecule has 0 atom stereocenters. The van der Waals surface area contributed by atoms with Gasteiger partial charge in [0, 0.05) is 6.07 Å². The maximum Gasteiger partial charge on any atom is 0.416 e. The SMILES string of the molecule is NC1(COc2cc(C(F)(F)F)ccc2-c2cc(=O)c3cccc(Cl)c3o2)CC1. The summed E-state index contributed by atoms with van der Waals surface area (Å²) in [5.41, 5.74) is 4.61. The van der Waals surface area contributed by atoms with Crippen LogP contribution in [0.3, 0.4) is 0 Å². The lowest BCUT2D eigenvalue weighted by Gasteiger charge is -2.17. The second-order valence-electron chi connectivity index (χ2n) is 6.95. The van der Waals surface area contributed by atoms with E-state index in [2.05, 4.69) is 0 Å². The highest BCUT2D eigenvalue weighted by atomic mass is 35.5. The largest absolute Gasteiger partial charge is 0.491 e. The fourth-order valence-corrected chi connectivity index (χ4v) is 3.04. The average Bonchev–Trinajstić information content (AvgIpc) is 3.37. The molecule has 2 N–H and O–H groups in total. The zero-order valence-corrected chi connectivity index (χ0v) is 15.2. The number of fused-ring (bicyclic) bond motifs is 1. The molecule has 3 aromatic rings. The highest BCUT2D eigenvalue weighted by molar-refractivity contribution is 6.34. The third kappa shape index (κ3) is 3.59. The van der Waals surface area contributed by atoms with Gasteiger partial charge in [0.05, 0.1) is 27.1 Å². The summed E-state index contributed by atoms with van der Waals surface area (Å²) >= 11 is 6.11. The Labute approximate surface area is 162 Å². The van der Waals surface area contributed by atoms with Gasteiger partial charge < -0.3 is 14.9 Å². The molecule has 28 heavy (non-hydrogen) atoms. The normalized spacial score (nSPS) is 15.6. The Bertz CT molecular complexity index is 1120. The third-order valence-corrected chi connectivity index (χ3v) is 4.99. The maximum atomic E-state index is 13.1. The van der Waals surface area contributed by atoms with Crippen LogP contribution < -0.4 is 15.9 Å². The van der Waals surface area contributed by atoms with Crippen molar-refractivity contribution in [2.45, 2.75) is 24.6 Å². The molecule has 1 heterocycles. The molecule has 1 saturated carbocycles. The van der Waals surface area contributed by atoms with Crippen molar-refractivity contribution in [3.05, 3.63) is 63.3 Å². The minimum atomic E-state index is -4.54. The zero-order valence-electron chi connectivity index (χ0n) is 14.5. The quantitative estimate of drug-likeness (QED) is 0.658. The first-order valence-electron chi connectivity index (χ1n) is 8.52. The third-order valence-electron chi connectivity index (χ3n) is 4.69. The molecule has 1 aromatic heterocycles. The van der Waals surface area contributed by atoms with Gasteiger partial charge in [0.25, 0.3) is 0 Å². The van der Waals surface area contributed by atoms with Gasteiger partial charge in [-0.15, -0.1) is 0 Å². The molecule has 0 unspecified atom stereocenters. The number of hydrogen-bond donors (Lipinski definition) is 1. The van der Waals surface area contributed by atoms with Crippen LogP contribution in [0.2, 0.25) is 5.02 Å². The Hall–Kier alpha value is -2.51. The van der Waals surface area contributed by atoms with E-state index < -0.39 is 17.3 Å². The van der Waals surface area contributed by atoms with E-state index in [9.17, 15) is 18.0 Å². The molecule has 8 heteroatoms. The Morgan fingerprint density at radius 2 is 1.93 bits per heavy atom. The van der Waals surface area contributed by atoms with Crippen LogP contribution >= 0.6 is 11.6 Å². The monoisotopic (exact) mass is 409 g/mol. The van der Waals surface area contributed by atoms with Crippen LogP contribution in [-0.2, 0) is 6.18 Å². The Kier molecular flexibility index (Phi) is 4.39. The number of para-hydroxylation sites is 1. The highest BCUT2D eigenvalue weighted by Gasteiger charge is 2.39. The number of alkyl halides is 3. The van der Waals surface area contributed by atoms with E-state index in [-0.39, 0.29) is 45.1 Å². The number of rotatable bonds is 4. The van der Waals surface area contributed by atoms with Crippen LogP contribution in [-0.4, -0.2) is 12.1 Å². The van der Waals surface area contributed by atoms with E-state index in [4.69, 9.17) is 26.5 Å². The maximum absolute atomic E-state index is 13.1. The van der Waals surface area contributed by atoms with Gasteiger partial charge in [-0.1, -0.05) is 17.7 Å². The van der Waals surface area contributed by atoms with E-state index in [1.54, 1.807) is 18.2 Å². The van der Waals surface area contributed by atoms with Crippen molar-refractivity contribution in [2.75, 3.05) is 6.61 Å². The second-order valence-corrected chi connectivity index (χ2v) is 7.36. The molecule has 4 rings (SSSR count). The summed E-state index contributed by atoms with van der Waals surface area (Å²) in [4.78, 5) is 12.4. The van der Waals surface area contributed by atoms with Crippen LogP contribution in [0, 0.1) is 0 Å². The number of ether oxygens (including phenoxy) is 1. The molecule has 4 nitrogen and oxygen atoms in total. The van der Waals surface area contributed by atoms with E-state index in [0.29, 0.717) is 0 Å². The first kappa shape index (κ1) is 18.8. The molecule has 1 aliphatic carbocycles. The lowest BCUT2D eigenvalue weighted by Crippen LogP contribution is -2.30. The van der Waals surface area contributed by atoms with Crippen LogP contribution in [0.1, 0.15) is 18.4 Å². The van der Waals surface area contributed by atoms with Crippen molar-refractivity contribution >= 4 is 22.6 Å². The first-order valence-corrected chi connectivity index (χ1v) is 8.90. The summed E-state index contributed by atoms with van der Waals surface area (Å²) in [6, 6.07) is 8.97. The Morgan fingerprint density at radius 3 is 2.61 bits per heavy atom. The topological polar surface area (TPSA) is 65.5 Å². The van der Waals surface area contributed by atoms with Crippen molar-refractivity contribution in [3.8, 4) is 17.1 Å². The number of nitrogens with two attached hydrogens (primary N) is 1. The van der Waals surface area contributed by atoms with E-state index >= 15 is 0 Å². The Morgan fingerprint density at radius 1 is 1.18 bits per heavy atom. The molecule has 1 aliphatic rings. The fraction of sp³-hybridized carbons (Fsp3) is 0.250. The second kappa shape index (κ2) is 6.53. The summed E-state index contributed by atoms with van der Waals surface area (Å²) in [5.74, 6) is 0.0114. The smallest absolute Gasteiger partial charge is 0.416 e. The predicted octanol–water partition coefficient (Wildman–Crippen LogP) is 5.00. The number of halogens is 4. The molecule has 0 aliphatic heterocycles. The first-order chi connectivity index (χ1) is 13.2. The van der Waals surface area contributed by atoms with Gasteiger partial charge in [0.1, 0.15) is 18.1 Å². The molecular weight excluding hydrogens is 395 g/mol. The fourth-order valence-electron chi connectivity index (χ4n) is 2.82. The van der Waals surface area contributed by atoms with Crippen LogP contribution in [0.15, 0.2) is 51.7 Å². The highest BCUT2D eigenvalue weighted by Crippen LogP contribution is 2.40. The molecule has 0 saturated heterocycles. The molecule has 0 amide bonds. The molecule has 0 spiro atoms. The van der Waals surface area contributed by atoms with Crippen LogP contribution in [0.4, 0.5) is 13.2 Å². The standard InChI is InChI=1S/C20H15ClF3NO3/c21-14-3-1-2-12-15(26)9-17(28-18(12)14)13-5-4-11(20(22,23)24)8-16(13)27-10-19(25)6-7-19/h1-5,8-9H,6-7,10,25H2. The van der Waals surface area contributed by atoms with Crippen molar-refractivity contribution in [3.63, 3.8) is 0 Å². The number of hydrogen-bond acceptors (Lipinski definition) is 4. The van der Waals surface area contributed by atoms with Gasteiger partial charge in [0.2, 0.25) is 0 Å². The summed E-state index contributed by atoms with van der Waals surface area (Å²) < 4.78 is 50.8. The zero-order chi connectivity index (χ0) is 20.1. The van der Waals surface area contributed by atoms with Crippen LogP contribution in [0.25, 0.3) is 22.3 Å². The van der Waals surface area contributed by atoms with Crippen molar-refractivity contribution < 1.29 is 22.3 Å². The summed E-state index contributed by atoms with van der Waals surface area (Å²) in [5, 5.41) is 0.509. The summed E-state index contributed by atoms with van der Waals surface area (Å²) in [7, 11) is 0. The molecule has 146 valence electrons. The van der Waals surface area contributed by atoms with Gasteiger partial charge in [-0.2, -0.15) is 13.2 Å². The Balaban J connectivity index is 1.85. The average molecular weight is 410 g/mol. The van der Waals surface area contributed by atoms with Crippen molar-refractivity contribution in [2.24, 2.45) is 5.73 Å². The van der Waals surface area contributed by atoms with E-state index in [1.165, 1.54) is 12.1 Å². The summed E-state index contributed by atoms with van der Waals surface area (Å²) in [6.07, 6.45) is -3.06. The lowest BCUT2D eigenvalue weighted by molar-refractivity contribution is -0.137.